The minimum Gasteiger partial charge on any atom is -0.481 e. The number of aliphatic carboxylic acids is 1. The molecular formula is C16H17FN2O4. The maximum Gasteiger partial charge on any atom is 0.303 e. The van der Waals surface area contributed by atoms with E-state index in [1.165, 1.54) is 18.4 Å². The first-order valence-electron chi connectivity index (χ1n) is 7.15. The van der Waals surface area contributed by atoms with Crippen molar-refractivity contribution in [3.8, 4) is 11.5 Å². The van der Waals surface area contributed by atoms with E-state index in [0.29, 0.717) is 23.6 Å². The molecule has 2 N–H and O–H groups in total. The lowest BCUT2D eigenvalue weighted by Crippen LogP contribution is -2.34. The summed E-state index contributed by atoms with van der Waals surface area (Å²) in [5.74, 6) is -1.20. The average molecular weight is 320 g/mol. The average Bonchev–Trinajstić information content (AvgIpc) is 2.94. The number of nitrogens with one attached hydrogen (secondary N) is 1. The number of carbonyl (C=O) groups excluding carboxylic acids is 1. The Balaban J connectivity index is 1.89. The summed E-state index contributed by atoms with van der Waals surface area (Å²) in [7, 11) is 0. The third-order valence-corrected chi connectivity index (χ3v) is 3.18. The van der Waals surface area contributed by atoms with Gasteiger partial charge >= 0.3 is 5.97 Å². The fourth-order valence-corrected chi connectivity index (χ4v) is 2.02. The van der Waals surface area contributed by atoms with E-state index in [4.69, 9.17) is 9.52 Å². The van der Waals surface area contributed by atoms with Gasteiger partial charge in [-0.3, -0.25) is 9.59 Å². The standard InChI is InChI=1S/C16H17FN2O4/c1-10(2-7-15(21)22)18-14(20)8-13-9-23-16(19-13)11-3-5-12(17)6-4-11/h3-6,9-10H,2,7-8H2,1H3,(H,18,20)(H,21,22). The van der Waals surface area contributed by atoms with E-state index >= 15 is 0 Å². The molecule has 0 aliphatic rings. The molecule has 2 rings (SSSR count). The molecule has 2 aromatic rings. The lowest BCUT2D eigenvalue weighted by atomic mass is 10.2. The van der Waals surface area contributed by atoms with Crippen LogP contribution in [0.25, 0.3) is 11.5 Å². The molecule has 0 radical (unpaired) electrons. The van der Waals surface area contributed by atoms with E-state index in [1.54, 1.807) is 19.1 Å². The first-order chi connectivity index (χ1) is 10.9. The quantitative estimate of drug-likeness (QED) is 0.817. The Bertz CT molecular complexity index is 682. The Morgan fingerprint density at radius 2 is 2.04 bits per heavy atom. The van der Waals surface area contributed by atoms with E-state index in [0.717, 1.165) is 0 Å². The van der Waals surface area contributed by atoms with Crippen molar-refractivity contribution in [3.63, 3.8) is 0 Å². The molecule has 23 heavy (non-hydrogen) atoms. The number of oxazole rings is 1. The Hall–Kier alpha value is -2.70. The largest absolute Gasteiger partial charge is 0.481 e. The summed E-state index contributed by atoms with van der Waals surface area (Å²) in [6, 6.07) is 5.45. The molecule has 0 saturated heterocycles. The number of carboxylic acids is 1. The third-order valence-electron chi connectivity index (χ3n) is 3.18. The van der Waals surface area contributed by atoms with Gasteiger partial charge in [0.2, 0.25) is 11.8 Å². The van der Waals surface area contributed by atoms with Gasteiger partial charge in [-0.2, -0.15) is 0 Å². The van der Waals surface area contributed by atoms with Gasteiger partial charge in [-0.25, -0.2) is 9.37 Å². The SMILES string of the molecule is CC(CCC(=O)O)NC(=O)Cc1coc(-c2ccc(F)cc2)n1. The molecule has 0 aliphatic heterocycles. The van der Waals surface area contributed by atoms with E-state index < -0.39 is 5.97 Å². The van der Waals surface area contributed by atoms with Crippen LogP contribution in [0.2, 0.25) is 0 Å². The second-order valence-corrected chi connectivity index (χ2v) is 5.23. The van der Waals surface area contributed by atoms with Crippen molar-refractivity contribution in [3.05, 3.63) is 42.0 Å². The van der Waals surface area contributed by atoms with E-state index in [1.807, 2.05) is 0 Å². The van der Waals surface area contributed by atoms with Crippen LogP contribution in [0.4, 0.5) is 4.39 Å². The van der Waals surface area contributed by atoms with Crippen LogP contribution in [0.15, 0.2) is 34.9 Å². The molecule has 0 bridgehead atoms. The van der Waals surface area contributed by atoms with E-state index in [9.17, 15) is 14.0 Å². The van der Waals surface area contributed by atoms with Crippen molar-refractivity contribution in [2.75, 3.05) is 0 Å². The maximum atomic E-state index is 12.9. The molecule has 0 spiro atoms. The number of carboxylic acid groups (broad SMARTS) is 1. The smallest absolute Gasteiger partial charge is 0.303 e. The topological polar surface area (TPSA) is 92.4 Å². The molecule has 1 aromatic heterocycles. The second-order valence-electron chi connectivity index (χ2n) is 5.23. The molecule has 1 aromatic carbocycles. The highest BCUT2D eigenvalue weighted by atomic mass is 19.1. The molecule has 1 amide bonds. The summed E-state index contributed by atoms with van der Waals surface area (Å²) in [4.78, 5) is 26.5. The van der Waals surface area contributed by atoms with Gasteiger partial charge < -0.3 is 14.8 Å². The second kappa shape index (κ2) is 7.53. The monoisotopic (exact) mass is 320 g/mol. The van der Waals surface area contributed by atoms with Crippen LogP contribution in [0.5, 0.6) is 0 Å². The molecule has 0 fully saturated rings. The number of carbonyl (C=O) groups is 2. The zero-order valence-electron chi connectivity index (χ0n) is 12.6. The zero-order valence-corrected chi connectivity index (χ0v) is 12.6. The van der Waals surface area contributed by atoms with Gasteiger partial charge in [0.05, 0.1) is 12.1 Å². The minimum absolute atomic E-state index is 0.000121. The van der Waals surface area contributed by atoms with Crippen molar-refractivity contribution < 1.29 is 23.5 Å². The lowest BCUT2D eigenvalue weighted by molar-refractivity contribution is -0.137. The van der Waals surface area contributed by atoms with Crippen molar-refractivity contribution >= 4 is 11.9 Å². The van der Waals surface area contributed by atoms with Crippen LogP contribution in [0.1, 0.15) is 25.5 Å². The number of hydrogen-bond donors (Lipinski definition) is 2. The molecule has 7 heteroatoms. The number of benzene rings is 1. The minimum atomic E-state index is -0.897. The molecule has 1 heterocycles. The fraction of sp³-hybridized carbons (Fsp3) is 0.312. The van der Waals surface area contributed by atoms with Crippen molar-refractivity contribution in [1.82, 2.24) is 10.3 Å². The van der Waals surface area contributed by atoms with Gasteiger partial charge in [0.15, 0.2) is 0 Å². The molecule has 0 saturated carbocycles. The van der Waals surface area contributed by atoms with Crippen LogP contribution in [-0.2, 0) is 16.0 Å². The highest BCUT2D eigenvalue weighted by molar-refractivity contribution is 5.78. The van der Waals surface area contributed by atoms with Gasteiger partial charge in [-0.15, -0.1) is 0 Å². The number of amides is 1. The number of halogens is 1. The molecule has 6 nitrogen and oxygen atoms in total. The summed E-state index contributed by atoms with van der Waals surface area (Å²) in [6.45, 7) is 1.74. The number of nitrogens with zero attached hydrogens (tertiary/aromatic N) is 1. The number of rotatable bonds is 7. The van der Waals surface area contributed by atoms with Crippen molar-refractivity contribution in [2.24, 2.45) is 0 Å². The third kappa shape index (κ3) is 5.21. The Morgan fingerprint density at radius 3 is 2.70 bits per heavy atom. The van der Waals surface area contributed by atoms with Crippen LogP contribution < -0.4 is 5.32 Å². The summed E-state index contributed by atoms with van der Waals surface area (Å²) in [6.07, 6.45) is 1.77. The summed E-state index contributed by atoms with van der Waals surface area (Å²) >= 11 is 0. The molecule has 1 atom stereocenters. The predicted octanol–water partition coefficient (Wildman–Crippen LogP) is 2.39. The Labute approximate surface area is 132 Å². The van der Waals surface area contributed by atoms with Crippen molar-refractivity contribution in [2.45, 2.75) is 32.2 Å². The zero-order chi connectivity index (χ0) is 16.8. The highest BCUT2D eigenvalue weighted by Crippen LogP contribution is 2.19. The van der Waals surface area contributed by atoms with Crippen molar-refractivity contribution in [1.29, 1.82) is 0 Å². The summed E-state index contributed by atoms with van der Waals surface area (Å²) in [5.41, 5.74) is 1.07. The fourth-order valence-electron chi connectivity index (χ4n) is 2.02. The van der Waals surface area contributed by atoms with Crippen LogP contribution in [0, 0.1) is 5.82 Å². The molecule has 1 unspecified atom stereocenters. The summed E-state index contributed by atoms with van der Waals surface area (Å²) in [5, 5.41) is 11.3. The predicted molar refractivity (Wildman–Crippen MR) is 80.1 cm³/mol. The normalized spacial score (nSPS) is 11.9. The Kier molecular flexibility index (Phi) is 5.46. The molecule has 122 valence electrons. The van der Waals surface area contributed by atoms with Crippen LogP contribution >= 0.6 is 0 Å². The molecule has 0 aliphatic carbocycles. The Morgan fingerprint density at radius 1 is 1.35 bits per heavy atom. The van der Waals surface area contributed by atoms with Gasteiger partial charge in [-0.05, 0) is 37.6 Å². The summed E-state index contributed by atoms with van der Waals surface area (Å²) < 4.78 is 18.2. The maximum absolute atomic E-state index is 12.9. The highest BCUT2D eigenvalue weighted by Gasteiger charge is 2.13. The van der Waals surface area contributed by atoms with Gasteiger partial charge in [0.1, 0.15) is 12.1 Å². The first kappa shape index (κ1) is 16.7. The van der Waals surface area contributed by atoms with Gasteiger partial charge in [-0.1, -0.05) is 0 Å². The van der Waals surface area contributed by atoms with Gasteiger partial charge in [0, 0.05) is 18.0 Å². The van der Waals surface area contributed by atoms with E-state index in [-0.39, 0.29) is 30.6 Å². The van der Waals surface area contributed by atoms with Crippen LogP contribution in [0.3, 0.4) is 0 Å². The first-order valence-corrected chi connectivity index (χ1v) is 7.15. The number of hydrogen-bond acceptors (Lipinski definition) is 4. The van der Waals surface area contributed by atoms with Gasteiger partial charge in [0.25, 0.3) is 0 Å². The lowest BCUT2D eigenvalue weighted by Gasteiger charge is -2.11. The molecular weight excluding hydrogens is 303 g/mol. The van der Waals surface area contributed by atoms with Crippen LogP contribution in [-0.4, -0.2) is 28.0 Å². The van der Waals surface area contributed by atoms with E-state index in [2.05, 4.69) is 10.3 Å². The number of aromatic nitrogens is 1.